The monoisotopic (exact) mass is 206 g/mol. The van der Waals surface area contributed by atoms with E-state index in [1.807, 2.05) is 0 Å². The topological polar surface area (TPSA) is 0 Å². The number of allylic oxidation sites excluding steroid dienone is 4. The highest BCUT2D eigenvalue weighted by Crippen LogP contribution is 2.46. The van der Waals surface area contributed by atoms with Crippen molar-refractivity contribution in [3.8, 4) is 0 Å². The predicted octanol–water partition coefficient (Wildman–Crippen LogP) is 4.97. The van der Waals surface area contributed by atoms with Gasteiger partial charge in [0.15, 0.2) is 0 Å². The fourth-order valence-electron chi connectivity index (χ4n) is 2.55. The Bertz CT molecular complexity index is 289. The van der Waals surface area contributed by atoms with Crippen LogP contribution in [0.2, 0.25) is 0 Å². The summed E-state index contributed by atoms with van der Waals surface area (Å²) in [6.07, 6.45) is 5.97. The molecule has 0 saturated heterocycles. The molecule has 1 aliphatic rings. The zero-order valence-electron chi connectivity index (χ0n) is 11.4. The maximum atomic E-state index is 2.39. The van der Waals surface area contributed by atoms with Crippen molar-refractivity contribution in [2.45, 2.75) is 54.9 Å². The third-order valence-electron chi connectivity index (χ3n) is 3.21. The molecule has 0 nitrogen and oxygen atoms in total. The van der Waals surface area contributed by atoms with Crippen molar-refractivity contribution in [2.24, 2.45) is 16.7 Å². The van der Waals surface area contributed by atoms with E-state index in [-0.39, 0.29) is 5.41 Å². The van der Waals surface area contributed by atoms with Crippen LogP contribution in [0.15, 0.2) is 23.3 Å². The Labute approximate surface area is 95.5 Å². The molecule has 0 aromatic rings. The molecule has 0 heterocycles. The molecule has 1 rings (SSSR count). The molecule has 0 amide bonds. The molecule has 0 bridgehead atoms. The summed E-state index contributed by atoms with van der Waals surface area (Å²) < 4.78 is 0. The summed E-state index contributed by atoms with van der Waals surface area (Å²) in [4.78, 5) is 0. The van der Waals surface area contributed by atoms with Gasteiger partial charge in [0, 0.05) is 0 Å². The standard InChI is InChI=1S/C15H26/c1-8-11-9-10-12(14(2,3)4)13(11)15(5,6)7/h9-11H,8H2,1-7H3. The van der Waals surface area contributed by atoms with Crippen LogP contribution in [0, 0.1) is 16.7 Å². The second kappa shape index (κ2) is 3.81. The second-order valence-corrected chi connectivity index (χ2v) is 6.70. The van der Waals surface area contributed by atoms with Gasteiger partial charge in [-0.25, -0.2) is 0 Å². The molecule has 0 radical (unpaired) electrons. The SMILES string of the molecule is CCC1C=CC(C(C)(C)C)=C1C(C)(C)C. The molecule has 0 heteroatoms. The maximum Gasteiger partial charge on any atom is -0.00114 e. The van der Waals surface area contributed by atoms with Gasteiger partial charge in [-0.1, -0.05) is 66.2 Å². The van der Waals surface area contributed by atoms with Gasteiger partial charge in [-0.2, -0.15) is 0 Å². The zero-order valence-corrected chi connectivity index (χ0v) is 11.4. The molecule has 0 aromatic heterocycles. The molecule has 0 spiro atoms. The number of rotatable bonds is 1. The lowest BCUT2D eigenvalue weighted by Crippen LogP contribution is -2.20. The fraction of sp³-hybridized carbons (Fsp3) is 0.733. The molecule has 1 atom stereocenters. The fourth-order valence-corrected chi connectivity index (χ4v) is 2.55. The summed E-state index contributed by atoms with van der Waals surface area (Å²) in [5.74, 6) is 0.666. The first-order valence-electron chi connectivity index (χ1n) is 6.11. The highest BCUT2D eigenvalue weighted by Gasteiger charge is 2.33. The van der Waals surface area contributed by atoms with Crippen molar-refractivity contribution >= 4 is 0 Å². The molecule has 15 heavy (non-hydrogen) atoms. The van der Waals surface area contributed by atoms with Gasteiger partial charge in [-0.3, -0.25) is 0 Å². The van der Waals surface area contributed by atoms with E-state index in [1.54, 1.807) is 11.1 Å². The smallest absolute Gasteiger partial charge is 0.00114 e. The molecule has 1 unspecified atom stereocenters. The lowest BCUT2D eigenvalue weighted by atomic mass is 9.73. The quantitative estimate of drug-likeness (QED) is 0.568. The van der Waals surface area contributed by atoms with E-state index < -0.39 is 0 Å². The zero-order chi connectivity index (χ0) is 11.9. The van der Waals surface area contributed by atoms with Gasteiger partial charge in [-0.05, 0) is 28.7 Å². The molecule has 0 aliphatic heterocycles. The van der Waals surface area contributed by atoms with Gasteiger partial charge in [0.2, 0.25) is 0 Å². The van der Waals surface area contributed by atoms with Gasteiger partial charge in [-0.15, -0.1) is 0 Å². The minimum absolute atomic E-state index is 0.281. The number of hydrogen-bond donors (Lipinski definition) is 0. The molecular formula is C15H26. The lowest BCUT2D eigenvalue weighted by Gasteiger charge is -2.32. The first-order chi connectivity index (χ1) is 6.68. The van der Waals surface area contributed by atoms with E-state index in [4.69, 9.17) is 0 Å². The molecular weight excluding hydrogens is 180 g/mol. The summed E-state index contributed by atoms with van der Waals surface area (Å²) in [5.41, 5.74) is 3.79. The van der Waals surface area contributed by atoms with Crippen molar-refractivity contribution in [1.29, 1.82) is 0 Å². The van der Waals surface area contributed by atoms with E-state index >= 15 is 0 Å². The normalized spacial score (nSPS) is 22.7. The van der Waals surface area contributed by atoms with Gasteiger partial charge in [0.1, 0.15) is 0 Å². The van der Waals surface area contributed by atoms with Crippen LogP contribution < -0.4 is 0 Å². The summed E-state index contributed by atoms with van der Waals surface area (Å²) in [6, 6.07) is 0. The van der Waals surface area contributed by atoms with Gasteiger partial charge < -0.3 is 0 Å². The maximum absolute atomic E-state index is 2.39. The van der Waals surface area contributed by atoms with Crippen molar-refractivity contribution in [2.75, 3.05) is 0 Å². The van der Waals surface area contributed by atoms with Crippen LogP contribution >= 0.6 is 0 Å². The Morgan fingerprint density at radius 2 is 1.53 bits per heavy atom. The van der Waals surface area contributed by atoms with Gasteiger partial charge >= 0.3 is 0 Å². The Morgan fingerprint density at radius 1 is 1.00 bits per heavy atom. The van der Waals surface area contributed by atoms with Crippen LogP contribution in [0.4, 0.5) is 0 Å². The number of hydrogen-bond acceptors (Lipinski definition) is 0. The average Bonchev–Trinajstić information content (AvgIpc) is 2.44. The van der Waals surface area contributed by atoms with Crippen LogP contribution in [-0.2, 0) is 0 Å². The molecule has 0 saturated carbocycles. The van der Waals surface area contributed by atoms with Gasteiger partial charge in [0.05, 0.1) is 0 Å². The van der Waals surface area contributed by atoms with E-state index in [0.29, 0.717) is 11.3 Å². The Kier molecular flexibility index (Phi) is 3.19. The first kappa shape index (κ1) is 12.5. The summed E-state index contributed by atoms with van der Waals surface area (Å²) >= 11 is 0. The molecule has 1 aliphatic carbocycles. The van der Waals surface area contributed by atoms with E-state index in [1.165, 1.54) is 6.42 Å². The Balaban J connectivity index is 3.23. The largest absolute Gasteiger partial charge is 0.0770 e. The van der Waals surface area contributed by atoms with Gasteiger partial charge in [0.25, 0.3) is 0 Å². The molecule has 0 fully saturated rings. The second-order valence-electron chi connectivity index (χ2n) is 6.70. The minimum Gasteiger partial charge on any atom is -0.0770 e. The van der Waals surface area contributed by atoms with Crippen molar-refractivity contribution in [3.05, 3.63) is 23.3 Å². The third kappa shape index (κ3) is 2.53. The average molecular weight is 206 g/mol. The Hall–Kier alpha value is -0.520. The molecule has 0 N–H and O–H groups in total. The highest BCUT2D eigenvalue weighted by atomic mass is 14.4. The summed E-state index contributed by atoms with van der Waals surface area (Å²) in [6.45, 7) is 16.2. The van der Waals surface area contributed by atoms with Crippen LogP contribution in [-0.4, -0.2) is 0 Å². The molecule has 0 aromatic carbocycles. The van der Waals surface area contributed by atoms with Crippen LogP contribution in [0.5, 0.6) is 0 Å². The van der Waals surface area contributed by atoms with E-state index in [9.17, 15) is 0 Å². The third-order valence-corrected chi connectivity index (χ3v) is 3.21. The van der Waals surface area contributed by atoms with Crippen LogP contribution in [0.25, 0.3) is 0 Å². The minimum atomic E-state index is 0.281. The molecule has 86 valence electrons. The van der Waals surface area contributed by atoms with Crippen LogP contribution in [0.3, 0.4) is 0 Å². The first-order valence-corrected chi connectivity index (χ1v) is 6.11. The van der Waals surface area contributed by atoms with E-state index in [0.717, 1.165) is 0 Å². The highest BCUT2D eigenvalue weighted by molar-refractivity contribution is 5.42. The van der Waals surface area contributed by atoms with Crippen molar-refractivity contribution in [3.63, 3.8) is 0 Å². The predicted molar refractivity (Wildman–Crippen MR) is 68.9 cm³/mol. The summed E-state index contributed by atoms with van der Waals surface area (Å²) in [7, 11) is 0. The van der Waals surface area contributed by atoms with E-state index in [2.05, 4.69) is 60.6 Å². The Morgan fingerprint density at radius 3 is 1.87 bits per heavy atom. The van der Waals surface area contributed by atoms with Crippen molar-refractivity contribution < 1.29 is 0 Å². The van der Waals surface area contributed by atoms with Crippen LogP contribution in [0.1, 0.15) is 54.9 Å². The summed E-state index contributed by atoms with van der Waals surface area (Å²) in [5, 5.41) is 0. The lowest BCUT2D eigenvalue weighted by molar-refractivity contribution is 0.421. The van der Waals surface area contributed by atoms with Crippen molar-refractivity contribution in [1.82, 2.24) is 0 Å².